The molecule has 0 fully saturated rings. The van der Waals surface area contributed by atoms with Gasteiger partial charge in [0.25, 0.3) is 0 Å². The van der Waals surface area contributed by atoms with Crippen LogP contribution in [0.25, 0.3) is 0 Å². The summed E-state index contributed by atoms with van der Waals surface area (Å²) in [6, 6.07) is 7.88. The topological polar surface area (TPSA) is 52.2 Å². The molecule has 0 bridgehead atoms. The van der Waals surface area contributed by atoms with Crippen molar-refractivity contribution in [2.75, 3.05) is 27.7 Å². The zero-order chi connectivity index (χ0) is 16.1. The number of carbonyl (C=O) groups excluding carboxylic acids is 1. The number of nitrogens with one attached hydrogen (secondary N) is 1. The van der Waals surface area contributed by atoms with Gasteiger partial charge in [-0.3, -0.25) is 14.8 Å². The van der Waals surface area contributed by atoms with Gasteiger partial charge in [0, 0.05) is 19.8 Å². The Balaban J connectivity index is 2.09. The first-order valence-corrected chi connectivity index (χ1v) is 7.44. The summed E-state index contributed by atoms with van der Waals surface area (Å²) in [4.78, 5) is 16.6. The van der Waals surface area contributed by atoms with Crippen LogP contribution < -0.4 is 0 Å². The highest BCUT2D eigenvalue weighted by atomic mass is 16.2. The molecule has 1 aromatic heterocycles. The highest BCUT2D eigenvalue weighted by Gasteiger charge is 2.25. The minimum absolute atomic E-state index is 0.110. The second-order valence-electron chi connectivity index (χ2n) is 5.90. The molecule has 1 aromatic carbocycles. The van der Waals surface area contributed by atoms with Gasteiger partial charge < -0.3 is 4.90 Å². The molecule has 118 valence electrons. The number of aromatic amines is 1. The highest BCUT2D eigenvalue weighted by molar-refractivity contribution is 5.83. The fourth-order valence-electron chi connectivity index (χ4n) is 2.53. The summed E-state index contributed by atoms with van der Waals surface area (Å²) in [6.07, 6.45) is 4.46. The van der Waals surface area contributed by atoms with Crippen molar-refractivity contribution in [1.82, 2.24) is 20.0 Å². The molecule has 1 amide bonds. The highest BCUT2D eigenvalue weighted by Crippen LogP contribution is 2.21. The summed E-state index contributed by atoms with van der Waals surface area (Å²) < 4.78 is 0. The van der Waals surface area contributed by atoms with E-state index >= 15 is 0 Å². The SMILES string of the molecule is Cc1cccc(C(C(=O)N(C)CCc2cn[nH]c2)N(C)C)c1. The van der Waals surface area contributed by atoms with Gasteiger partial charge in [-0.15, -0.1) is 0 Å². The second kappa shape index (κ2) is 7.22. The van der Waals surface area contributed by atoms with Crippen molar-refractivity contribution in [3.05, 3.63) is 53.3 Å². The monoisotopic (exact) mass is 300 g/mol. The largest absolute Gasteiger partial charge is 0.344 e. The van der Waals surface area contributed by atoms with E-state index in [0.29, 0.717) is 6.54 Å². The third kappa shape index (κ3) is 3.95. The van der Waals surface area contributed by atoms with Crippen LogP contribution >= 0.6 is 0 Å². The quantitative estimate of drug-likeness (QED) is 0.888. The Morgan fingerprint density at radius 3 is 2.68 bits per heavy atom. The lowest BCUT2D eigenvalue weighted by Crippen LogP contribution is -2.39. The molecule has 0 saturated heterocycles. The van der Waals surface area contributed by atoms with E-state index in [1.807, 2.05) is 57.4 Å². The zero-order valence-electron chi connectivity index (χ0n) is 13.7. The maximum Gasteiger partial charge on any atom is 0.244 e. The van der Waals surface area contributed by atoms with E-state index in [9.17, 15) is 4.79 Å². The van der Waals surface area contributed by atoms with Gasteiger partial charge in [0.1, 0.15) is 6.04 Å². The molecule has 5 nitrogen and oxygen atoms in total. The Kier molecular flexibility index (Phi) is 5.33. The lowest BCUT2D eigenvalue weighted by Gasteiger charge is -2.28. The molecule has 1 atom stereocenters. The summed E-state index contributed by atoms with van der Waals surface area (Å²) in [5.41, 5.74) is 3.31. The summed E-state index contributed by atoms with van der Waals surface area (Å²) in [5, 5.41) is 6.72. The Morgan fingerprint density at radius 1 is 1.32 bits per heavy atom. The van der Waals surface area contributed by atoms with E-state index in [1.165, 1.54) is 5.56 Å². The van der Waals surface area contributed by atoms with Gasteiger partial charge >= 0.3 is 0 Å². The Morgan fingerprint density at radius 2 is 2.09 bits per heavy atom. The molecule has 2 rings (SSSR count). The third-order valence-electron chi connectivity index (χ3n) is 3.78. The predicted octanol–water partition coefficient (Wildman–Crippen LogP) is 2.02. The van der Waals surface area contributed by atoms with Crippen LogP contribution in [0.4, 0.5) is 0 Å². The maximum atomic E-state index is 12.8. The number of H-pyrrole nitrogens is 1. The van der Waals surface area contributed by atoms with Crippen molar-refractivity contribution >= 4 is 5.91 Å². The van der Waals surface area contributed by atoms with E-state index in [-0.39, 0.29) is 11.9 Å². The first-order valence-electron chi connectivity index (χ1n) is 7.44. The fourth-order valence-corrected chi connectivity index (χ4v) is 2.53. The van der Waals surface area contributed by atoms with Crippen molar-refractivity contribution in [2.45, 2.75) is 19.4 Å². The molecule has 0 saturated carbocycles. The van der Waals surface area contributed by atoms with Gasteiger partial charge in [-0.05, 0) is 38.6 Å². The standard InChI is InChI=1S/C17H24N4O/c1-13-6-5-7-15(10-13)16(20(2)3)17(22)21(4)9-8-14-11-18-19-12-14/h5-7,10-12,16H,8-9H2,1-4H3,(H,18,19). The molecule has 22 heavy (non-hydrogen) atoms. The van der Waals surface area contributed by atoms with Crippen LogP contribution in [0.2, 0.25) is 0 Å². The van der Waals surface area contributed by atoms with Gasteiger partial charge in [-0.1, -0.05) is 29.8 Å². The van der Waals surface area contributed by atoms with Crippen molar-refractivity contribution in [3.8, 4) is 0 Å². The van der Waals surface area contributed by atoms with E-state index in [2.05, 4.69) is 16.3 Å². The van der Waals surface area contributed by atoms with Crippen molar-refractivity contribution in [1.29, 1.82) is 0 Å². The number of aromatic nitrogens is 2. The second-order valence-corrected chi connectivity index (χ2v) is 5.90. The predicted molar refractivity (Wildman–Crippen MR) is 87.5 cm³/mol. The maximum absolute atomic E-state index is 12.8. The third-order valence-corrected chi connectivity index (χ3v) is 3.78. The van der Waals surface area contributed by atoms with Crippen molar-refractivity contribution < 1.29 is 4.79 Å². The lowest BCUT2D eigenvalue weighted by molar-refractivity contribution is -0.135. The van der Waals surface area contributed by atoms with Gasteiger partial charge in [-0.25, -0.2) is 0 Å². The summed E-state index contributed by atoms with van der Waals surface area (Å²) in [7, 11) is 5.73. The number of nitrogens with zero attached hydrogens (tertiary/aromatic N) is 3. The molecular weight excluding hydrogens is 276 g/mol. The Hall–Kier alpha value is -2.14. The van der Waals surface area contributed by atoms with Crippen LogP contribution in [0.1, 0.15) is 22.7 Å². The molecule has 1 unspecified atom stereocenters. The molecule has 1 N–H and O–H groups in total. The van der Waals surface area contributed by atoms with E-state index in [4.69, 9.17) is 0 Å². The molecule has 5 heteroatoms. The van der Waals surface area contributed by atoms with Gasteiger partial charge in [-0.2, -0.15) is 5.10 Å². The molecule has 0 aliphatic heterocycles. The first-order chi connectivity index (χ1) is 10.5. The van der Waals surface area contributed by atoms with Crippen LogP contribution in [0.15, 0.2) is 36.7 Å². The summed E-state index contributed by atoms with van der Waals surface area (Å²) in [6.45, 7) is 2.72. The molecule has 0 radical (unpaired) electrons. The van der Waals surface area contributed by atoms with Crippen LogP contribution in [-0.2, 0) is 11.2 Å². The number of likely N-dealkylation sites (N-methyl/N-ethyl adjacent to an activating group) is 2. The van der Waals surface area contributed by atoms with Crippen molar-refractivity contribution in [2.24, 2.45) is 0 Å². The number of aryl methyl sites for hydroxylation is 1. The molecule has 0 spiro atoms. The molecule has 1 heterocycles. The number of amides is 1. The minimum atomic E-state index is -0.255. The number of benzene rings is 1. The average Bonchev–Trinajstić information content (AvgIpc) is 2.97. The number of carbonyl (C=O) groups is 1. The van der Waals surface area contributed by atoms with E-state index < -0.39 is 0 Å². The minimum Gasteiger partial charge on any atom is -0.344 e. The van der Waals surface area contributed by atoms with Gasteiger partial charge in [0.05, 0.1) is 6.20 Å². The van der Waals surface area contributed by atoms with Crippen LogP contribution in [0.5, 0.6) is 0 Å². The normalized spacial score (nSPS) is 12.4. The molecule has 0 aliphatic rings. The lowest BCUT2D eigenvalue weighted by atomic mass is 10.0. The number of hydrogen-bond donors (Lipinski definition) is 1. The van der Waals surface area contributed by atoms with Crippen LogP contribution in [0, 0.1) is 6.92 Å². The van der Waals surface area contributed by atoms with E-state index in [1.54, 1.807) is 11.1 Å². The Labute approximate surface area is 131 Å². The van der Waals surface area contributed by atoms with Gasteiger partial charge in [0.15, 0.2) is 0 Å². The van der Waals surface area contributed by atoms with Crippen LogP contribution in [0.3, 0.4) is 0 Å². The smallest absolute Gasteiger partial charge is 0.244 e. The molecule has 2 aromatic rings. The zero-order valence-corrected chi connectivity index (χ0v) is 13.7. The fraction of sp³-hybridized carbons (Fsp3) is 0.412. The number of hydrogen-bond acceptors (Lipinski definition) is 3. The van der Waals surface area contributed by atoms with Gasteiger partial charge in [0.2, 0.25) is 5.91 Å². The molecule has 0 aliphatic carbocycles. The average molecular weight is 300 g/mol. The Bertz CT molecular complexity index is 607. The van der Waals surface area contributed by atoms with Crippen LogP contribution in [-0.4, -0.2) is 53.6 Å². The molecular formula is C17H24N4O. The summed E-state index contributed by atoms with van der Waals surface area (Å²) >= 11 is 0. The first kappa shape index (κ1) is 16.2. The number of rotatable bonds is 6. The van der Waals surface area contributed by atoms with E-state index in [0.717, 1.165) is 17.5 Å². The van der Waals surface area contributed by atoms with Crippen molar-refractivity contribution in [3.63, 3.8) is 0 Å². The summed E-state index contributed by atoms with van der Waals surface area (Å²) in [5.74, 6) is 0.110.